The van der Waals surface area contributed by atoms with Crippen molar-refractivity contribution in [3.63, 3.8) is 0 Å². The van der Waals surface area contributed by atoms with E-state index in [9.17, 15) is 13.2 Å². The zero-order chi connectivity index (χ0) is 17.7. The molecule has 0 saturated heterocycles. The molecule has 4 nitrogen and oxygen atoms in total. The van der Waals surface area contributed by atoms with Gasteiger partial charge in [-0.2, -0.15) is 13.2 Å². The Bertz CT molecular complexity index is 835. The molecule has 0 fully saturated rings. The van der Waals surface area contributed by atoms with E-state index in [4.69, 9.17) is 12.2 Å². The number of aryl methyl sites for hydroxylation is 1. The van der Waals surface area contributed by atoms with Crippen molar-refractivity contribution in [2.24, 2.45) is 0 Å². The highest BCUT2D eigenvalue weighted by atomic mass is 32.1. The Hall–Kier alpha value is -2.35. The molecule has 2 heterocycles. The van der Waals surface area contributed by atoms with Crippen molar-refractivity contribution in [2.75, 3.05) is 6.61 Å². The van der Waals surface area contributed by atoms with Crippen molar-refractivity contribution in [3.8, 4) is 5.75 Å². The molecular weight excluding hydrogens is 339 g/mol. The van der Waals surface area contributed by atoms with Crippen LogP contribution in [0.5, 0.6) is 5.75 Å². The topological polar surface area (TPSA) is 53.7 Å². The maximum absolute atomic E-state index is 11.8. The maximum atomic E-state index is 11.8. The lowest BCUT2D eigenvalue weighted by atomic mass is 10.2. The van der Waals surface area contributed by atoms with Crippen LogP contribution in [-0.2, 0) is 0 Å². The molecule has 0 bridgehead atoms. The molecule has 0 aliphatic heterocycles. The fourth-order valence-electron chi connectivity index (χ4n) is 1.91. The summed E-state index contributed by atoms with van der Waals surface area (Å²) in [7, 11) is 0. The zero-order valence-electron chi connectivity index (χ0n) is 13.1. The summed E-state index contributed by atoms with van der Waals surface area (Å²) in [6, 6.07) is 9.35. The first-order chi connectivity index (χ1) is 11.3. The molecule has 0 spiro atoms. The molecular formula is C16H16F3N3OS. The van der Waals surface area contributed by atoms with Crippen molar-refractivity contribution >= 4 is 23.3 Å². The van der Waals surface area contributed by atoms with Gasteiger partial charge in [0.2, 0.25) is 0 Å². The zero-order valence-corrected chi connectivity index (χ0v) is 13.9. The number of halogens is 3. The van der Waals surface area contributed by atoms with E-state index >= 15 is 0 Å². The summed E-state index contributed by atoms with van der Waals surface area (Å²) < 4.78 is 40.8. The fourth-order valence-corrected chi connectivity index (χ4v) is 2.13. The largest absolute Gasteiger partial charge is 0.484 e. The molecule has 0 saturated carbocycles. The number of alkyl halides is 3. The number of imidazole rings is 1. The minimum atomic E-state index is -4.30. The third kappa shape index (κ3) is 5.09. The minimum Gasteiger partial charge on any atom is -0.484 e. The lowest BCUT2D eigenvalue weighted by Crippen LogP contribution is -2.19. The molecule has 0 aliphatic rings. The average molecular weight is 355 g/mol. The van der Waals surface area contributed by atoms with Crippen LogP contribution in [0.4, 0.5) is 13.2 Å². The Morgan fingerprint density at radius 3 is 2.21 bits per heavy atom. The first-order valence-electron chi connectivity index (χ1n) is 7.05. The number of hydrogen-bond donors (Lipinski definition) is 2. The lowest BCUT2D eigenvalue weighted by molar-refractivity contribution is -0.153. The molecule has 128 valence electrons. The van der Waals surface area contributed by atoms with Crippen LogP contribution in [0.1, 0.15) is 11.3 Å². The van der Waals surface area contributed by atoms with Gasteiger partial charge in [0.15, 0.2) is 11.4 Å². The number of aromatic nitrogens is 3. The van der Waals surface area contributed by atoms with Crippen LogP contribution in [-0.4, -0.2) is 27.7 Å². The number of ether oxygens (including phenoxy) is 1. The second kappa shape index (κ2) is 7.48. The summed E-state index contributed by atoms with van der Waals surface area (Å²) >= 11 is 4.90. The average Bonchev–Trinajstić information content (AvgIpc) is 2.88. The number of para-hydroxylation sites is 2. The number of pyridine rings is 1. The van der Waals surface area contributed by atoms with E-state index in [0.717, 1.165) is 11.0 Å². The SMILES string of the molecule is Cc1nccc(OCC(F)(F)F)c1C.S=c1[nH]c2ccccc2[nH]1. The molecule has 2 N–H and O–H groups in total. The normalized spacial score (nSPS) is 11.0. The van der Waals surface area contributed by atoms with Crippen LogP contribution in [0.15, 0.2) is 36.5 Å². The van der Waals surface area contributed by atoms with E-state index in [1.165, 1.54) is 12.3 Å². The van der Waals surface area contributed by atoms with Crippen molar-refractivity contribution < 1.29 is 17.9 Å². The van der Waals surface area contributed by atoms with Gasteiger partial charge < -0.3 is 14.7 Å². The molecule has 3 rings (SSSR count). The molecule has 8 heteroatoms. The summed E-state index contributed by atoms with van der Waals surface area (Å²) in [5, 5.41) is 0. The van der Waals surface area contributed by atoms with E-state index in [1.807, 2.05) is 24.3 Å². The Labute approximate surface area is 141 Å². The van der Waals surface area contributed by atoms with E-state index < -0.39 is 12.8 Å². The first kappa shape index (κ1) is 18.0. The van der Waals surface area contributed by atoms with E-state index in [-0.39, 0.29) is 5.75 Å². The number of H-pyrrole nitrogens is 2. The smallest absolute Gasteiger partial charge is 0.422 e. The van der Waals surface area contributed by atoms with Gasteiger partial charge in [0, 0.05) is 17.5 Å². The predicted molar refractivity (Wildman–Crippen MR) is 88.7 cm³/mol. The van der Waals surface area contributed by atoms with Crippen molar-refractivity contribution in [2.45, 2.75) is 20.0 Å². The van der Waals surface area contributed by atoms with Crippen molar-refractivity contribution in [3.05, 3.63) is 52.6 Å². The van der Waals surface area contributed by atoms with Crippen LogP contribution < -0.4 is 4.74 Å². The molecule has 1 aromatic carbocycles. The third-order valence-corrected chi connectivity index (χ3v) is 3.43. The number of nitrogens with zero attached hydrogens (tertiary/aromatic N) is 1. The third-order valence-electron chi connectivity index (χ3n) is 3.22. The highest BCUT2D eigenvalue weighted by Crippen LogP contribution is 2.22. The monoisotopic (exact) mass is 355 g/mol. The van der Waals surface area contributed by atoms with E-state index in [0.29, 0.717) is 16.0 Å². The number of benzene rings is 1. The summed E-state index contributed by atoms with van der Waals surface area (Å²) in [6.07, 6.45) is -2.88. The molecule has 2 aromatic heterocycles. The Balaban J connectivity index is 0.000000182. The summed E-state index contributed by atoms with van der Waals surface area (Å²) in [5.74, 6) is 0.231. The number of rotatable bonds is 2. The maximum Gasteiger partial charge on any atom is 0.422 e. The van der Waals surface area contributed by atoms with Crippen molar-refractivity contribution in [1.29, 1.82) is 0 Å². The van der Waals surface area contributed by atoms with Gasteiger partial charge in [-0.3, -0.25) is 4.98 Å². The van der Waals surface area contributed by atoms with Gasteiger partial charge in [-0.15, -0.1) is 0 Å². The molecule has 0 radical (unpaired) electrons. The van der Waals surface area contributed by atoms with E-state index in [1.54, 1.807) is 13.8 Å². The van der Waals surface area contributed by atoms with Gasteiger partial charge in [0.05, 0.1) is 11.0 Å². The highest BCUT2D eigenvalue weighted by molar-refractivity contribution is 7.71. The van der Waals surface area contributed by atoms with Crippen LogP contribution in [0.2, 0.25) is 0 Å². The second-order valence-corrected chi connectivity index (χ2v) is 5.46. The number of nitrogens with one attached hydrogen (secondary N) is 2. The molecule has 3 aromatic rings. The van der Waals surface area contributed by atoms with Gasteiger partial charge in [-0.1, -0.05) is 12.1 Å². The predicted octanol–water partition coefficient (Wildman–Crippen LogP) is 4.87. The molecule has 24 heavy (non-hydrogen) atoms. The Morgan fingerprint density at radius 1 is 1.08 bits per heavy atom. The van der Waals surface area contributed by atoms with Gasteiger partial charge in [-0.05, 0) is 44.3 Å². The molecule has 0 atom stereocenters. The van der Waals surface area contributed by atoms with Gasteiger partial charge in [0.25, 0.3) is 0 Å². The molecule has 0 aliphatic carbocycles. The molecule has 0 amide bonds. The Morgan fingerprint density at radius 2 is 1.67 bits per heavy atom. The summed E-state index contributed by atoms with van der Waals surface area (Å²) in [5.41, 5.74) is 3.43. The fraction of sp³-hybridized carbons (Fsp3) is 0.250. The Kier molecular flexibility index (Phi) is 5.61. The van der Waals surface area contributed by atoms with Crippen molar-refractivity contribution in [1.82, 2.24) is 15.0 Å². The first-order valence-corrected chi connectivity index (χ1v) is 7.46. The van der Waals surface area contributed by atoms with Gasteiger partial charge in [0.1, 0.15) is 5.75 Å². The molecule has 0 unspecified atom stereocenters. The van der Waals surface area contributed by atoms with Crippen LogP contribution >= 0.6 is 12.2 Å². The van der Waals surface area contributed by atoms with Gasteiger partial charge >= 0.3 is 6.18 Å². The standard InChI is InChI=1S/C9H10F3NO.C7H6N2S/c1-6-7(2)13-4-3-8(6)14-5-9(10,11)12;10-7-8-5-3-1-2-4-6(5)9-7/h3-4H,5H2,1-2H3;1-4H,(H2,8,9,10). The second-order valence-electron chi connectivity index (χ2n) is 5.05. The van der Waals surface area contributed by atoms with Gasteiger partial charge in [-0.25, -0.2) is 0 Å². The lowest BCUT2D eigenvalue weighted by Gasteiger charge is -2.11. The summed E-state index contributed by atoms with van der Waals surface area (Å²) in [6.45, 7) is 2.13. The quantitative estimate of drug-likeness (QED) is 0.645. The summed E-state index contributed by atoms with van der Waals surface area (Å²) in [4.78, 5) is 9.96. The number of fused-ring (bicyclic) bond motifs is 1. The number of hydrogen-bond acceptors (Lipinski definition) is 3. The van der Waals surface area contributed by atoms with Crippen LogP contribution in [0, 0.1) is 18.6 Å². The highest BCUT2D eigenvalue weighted by Gasteiger charge is 2.28. The van der Waals surface area contributed by atoms with Crippen LogP contribution in [0.25, 0.3) is 11.0 Å². The van der Waals surface area contributed by atoms with E-state index in [2.05, 4.69) is 19.7 Å². The number of aromatic amines is 2. The van der Waals surface area contributed by atoms with Crippen LogP contribution in [0.3, 0.4) is 0 Å². The minimum absolute atomic E-state index is 0.231.